The lowest BCUT2D eigenvalue weighted by molar-refractivity contribution is -0.130. The topological polar surface area (TPSA) is 26.8 Å². The van der Waals surface area contributed by atoms with E-state index in [2.05, 4.69) is 23.6 Å². The summed E-state index contributed by atoms with van der Waals surface area (Å²) in [7, 11) is 1.89. The molecule has 0 aromatic heterocycles. The number of hydrogen-bond donors (Lipinski definition) is 0. The summed E-state index contributed by atoms with van der Waals surface area (Å²) < 4.78 is 26.9. The second-order valence-corrected chi connectivity index (χ2v) is 9.20. The first-order chi connectivity index (χ1) is 14.8. The summed E-state index contributed by atoms with van der Waals surface area (Å²) in [6.45, 7) is 7.70. The lowest BCUT2D eigenvalue weighted by Crippen LogP contribution is -2.57. The summed E-state index contributed by atoms with van der Waals surface area (Å²) in [6.07, 6.45) is 1.82. The minimum atomic E-state index is -0.256. The molecule has 2 fully saturated rings. The fraction of sp³-hybridized carbons (Fsp3) is 0.480. The third-order valence-electron chi connectivity index (χ3n) is 7.12. The number of carbonyl (C=O) groups excluding carboxylic acids is 1. The second kappa shape index (κ2) is 8.67. The Morgan fingerprint density at radius 3 is 2.06 bits per heavy atom. The highest BCUT2D eigenvalue weighted by atomic mass is 19.1. The Morgan fingerprint density at radius 2 is 1.52 bits per heavy atom. The van der Waals surface area contributed by atoms with Crippen LogP contribution in [-0.2, 0) is 4.79 Å². The van der Waals surface area contributed by atoms with Crippen LogP contribution in [0, 0.1) is 11.6 Å². The normalized spacial score (nSPS) is 21.7. The third kappa shape index (κ3) is 4.37. The Bertz CT molecular complexity index is 868. The van der Waals surface area contributed by atoms with Crippen molar-refractivity contribution >= 4 is 5.91 Å². The van der Waals surface area contributed by atoms with Gasteiger partial charge in [-0.2, -0.15) is 0 Å². The molecule has 0 aliphatic carbocycles. The monoisotopic (exact) mass is 427 g/mol. The van der Waals surface area contributed by atoms with E-state index in [4.69, 9.17) is 0 Å². The van der Waals surface area contributed by atoms with Crippen molar-refractivity contribution in [3.63, 3.8) is 0 Å². The summed E-state index contributed by atoms with van der Waals surface area (Å²) >= 11 is 0. The van der Waals surface area contributed by atoms with E-state index < -0.39 is 0 Å². The van der Waals surface area contributed by atoms with Gasteiger partial charge in [-0.25, -0.2) is 8.78 Å². The zero-order chi connectivity index (χ0) is 22.2. The number of fused-ring (bicyclic) bond motifs is 1. The number of piperazine rings is 1. The number of amides is 1. The molecule has 2 aliphatic heterocycles. The first-order valence-corrected chi connectivity index (χ1v) is 11.0. The van der Waals surface area contributed by atoms with E-state index >= 15 is 0 Å². The van der Waals surface area contributed by atoms with Gasteiger partial charge in [-0.1, -0.05) is 24.3 Å². The number of halogens is 2. The number of rotatable bonds is 6. The van der Waals surface area contributed by atoms with Crippen molar-refractivity contribution in [1.29, 1.82) is 0 Å². The number of carbonyl (C=O) groups is 1. The number of benzene rings is 2. The molecule has 4 rings (SSSR count). The molecule has 31 heavy (non-hydrogen) atoms. The second-order valence-electron chi connectivity index (χ2n) is 9.20. The molecule has 166 valence electrons. The van der Waals surface area contributed by atoms with Crippen molar-refractivity contribution in [2.45, 2.75) is 44.3 Å². The summed E-state index contributed by atoms with van der Waals surface area (Å²) in [5.74, 6) is -0.229. The molecule has 1 atom stereocenters. The largest absolute Gasteiger partial charge is 0.326 e. The fourth-order valence-electron chi connectivity index (χ4n) is 5.03. The van der Waals surface area contributed by atoms with E-state index in [9.17, 15) is 13.6 Å². The molecular formula is C25H31F2N3O. The van der Waals surface area contributed by atoms with Crippen LogP contribution in [0.3, 0.4) is 0 Å². The van der Waals surface area contributed by atoms with Gasteiger partial charge < -0.3 is 4.90 Å². The van der Waals surface area contributed by atoms with Gasteiger partial charge >= 0.3 is 0 Å². The molecule has 2 saturated heterocycles. The highest BCUT2D eigenvalue weighted by Gasteiger charge is 2.51. The minimum absolute atomic E-state index is 0.0706. The molecule has 0 bridgehead atoms. The van der Waals surface area contributed by atoms with Gasteiger partial charge in [-0.05, 0) is 68.6 Å². The van der Waals surface area contributed by atoms with Crippen molar-refractivity contribution in [3.05, 3.63) is 71.3 Å². The van der Waals surface area contributed by atoms with E-state index in [1.54, 1.807) is 0 Å². The first kappa shape index (κ1) is 21.9. The van der Waals surface area contributed by atoms with Crippen LogP contribution in [0.25, 0.3) is 0 Å². The van der Waals surface area contributed by atoms with Crippen LogP contribution < -0.4 is 0 Å². The number of hydrogen-bond acceptors (Lipinski definition) is 3. The molecule has 2 heterocycles. The van der Waals surface area contributed by atoms with Gasteiger partial charge in [0.25, 0.3) is 0 Å². The molecule has 2 aromatic carbocycles. The smallest absolute Gasteiger partial charge is 0.242 e. The van der Waals surface area contributed by atoms with Crippen molar-refractivity contribution in [2.75, 3.05) is 33.2 Å². The quantitative estimate of drug-likeness (QED) is 0.695. The van der Waals surface area contributed by atoms with E-state index in [1.165, 1.54) is 24.3 Å². The Kier molecular flexibility index (Phi) is 6.13. The van der Waals surface area contributed by atoms with Crippen LogP contribution in [0.15, 0.2) is 48.5 Å². The van der Waals surface area contributed by atoms with E-state index in [0.717, 1.165) is 50.1 Å². The van der Waals surface area contributed by atoms with Crippen LogP contribution in [0.1, 0.15) is 43.7 Å². The summed E-state index contributed by atoms with van der Waals surface area (Å²) in [6, 6.07) is 13.1. The van der Waals surface area contributed by atoms with E-state index in [1.807, 2.05) is 36.2 Å². The predicted molar refractivity (Wildman–Crippen MR) is 118 cm³/mol. The number of nitrogens with zero attached hydrogens (tertiary/aromatic N) is 3. The SMILES string of the molecule is CN1C(=O)C2CN(CCCC(c3ccc(F)cc3)c3ccc(F)cc3)CCN2C1(C)C. The Hall–Kier alpha value is -2.31. The maximum atomic E-state index is 13.4. The molecule has 0 radical (unpaired) electrons. The van der Waals surface area contributed by atoms with Crippen LogP contribution in [0.4, 0.5) is 8.78 Å². The van der Waals surface area contributed by atoms with E-state index in [-0.39, 0.29) is 35.2 Å². The average Bonchev–Trinajstić information content (AvgIpc) is 2.93. The molecule has 6 heteroatoms. The van der Waals surface area contributed by atoms with Gasteiger partial charge in [0.05, 0.1) is 5.66 Å². The maximum absolute atomic E-state index is 13.4. The summed E-state index contributed by atoms with van der Waals surface area (Å²) in [5.41, 5.74) is 1.84. The van der Waals surface area contributed by atoms with Gasteiger partial charge in [0.1, 0.15) is 17.7 Å². The third-order valence-corrected chi connectivity index (χ3v) is 7.12. The van der Waals surface area contributed by atoms with Gasteiger partial charge in [0, 0.05) is 32.6 Å². The Morgan fingerprint density at radius 1 is 0.968 bits per heavy atom. The molecule has 0 spiro atoms. The molecular weight excluding hydrogens is 396 g/mol. The van der Waals surface area contributed by atoms with Crippen LogP contribution in [0.2, 0.25) is 0 Å². The highest BCUT2D eigenvalue weighted by molar-refractivity contribution is 5.85. The van der Waals surface area contributed by atoms with Crippen molar-refractivity contribution in [1.82, 2.24) is 14.7 Å². The van der Waals surface area contributed by atoms with Crippen molar-refractivity contribution in [3.8, 4) is 0 Å². The molecule has 1 unspecified atom stereocenters. The number of likely N-dealkylation sites (N-methyl/N-ethyl adjacent to an activating group) is 1. The highest BCUT2D eigenvalue weighted by Crippen LogP contribution is 2.33. The van der Waals surface area contributed by atoms with Crippen LogP contribution in [-0.4, -0.2) is 65.5 Å². The molecule has 4 nitrogen and oxygen atoms in total. The average molecular weight is 428 g/mol. The molecule has 2 aliphatic rings. The first-order valence-electron chi connectivity index (χ1n) is 11.0. The zero-order valence-electron chi connectivity index (χ0n) is 18.5. The van der Waals surface area contributed by atoms with Crippen molar-refractivity contribution < 1.29 is 13.6 Å². The van der Waals surface area contributed by atoms with Crippen LogP contribution in [0.5, 0.6) is 0 Å². The van der Waals surface area contributed by atoms with Crippen molar-refractivity contribution in [2.24, 2.45) is 0 Å². The summed E-state index contributed by atoms with van der Waals surface area (Å²) in [5, 5.41) is 0. The Labute approximate surface area is 183 Å². The van der Waals surface area contributed by atoms with Crippen LogP contribution >= 0.6 is 0 Å². The van der Waals surface area contributed by atoms with Gasteiger partial charge in [-0.3, -0.25) is 14.6 Å². The minimum Gasteiger partial charge on any atom is -0.326 e. The van der Waals surface area contributed by atoms with Gasteiger partial charge in [0.2, 0.25) is 5.91 Å². The van der Waals surface area contributed by atoms with Gasteiger partial charge in [-0.15, -0.1) is 0 Å². The van der Waals surface area contributed by atoms with E-state index in [0.29, 0.717) is 0 Å². The molecule has 2 aromatic rings. The predicted octanol–water partition coefficient (Wildman–Crippen LogP) is 4.07. The molecule has 0 N–H and O–H groups in total. The Balaban J connectivity index is 1.41. The summed E-state index contributed by atoms with van der Waals surface area (Å²) in [4.78, 5) is 19.3. The molecule has 1 amide bonds. The maximum Gasteiger partial charge on any atom is 0.242 e. The fourth-order valence-corrected chi connectivity index (χ4v) is 5.03. The lowest BCUT2D eigenvalue weighted by atomic mass is 9.87. The van der Waals surface area contributed by atoms with Gasteiger partial charge in [0.15, 0.2) is 0 Å². The zero-order valence-corrected chi connectivity index (χ0v) is 18.5. The molecule has 0 saturated carbocycles. The standard InChI is InChI=1S/C25H31F2N3O/c1-25(2)28(3)24(31)23-17-29(15-16-30(23)25)14-4-5-22(18-6-10-20(26)11-7-18)19-8-12-21(27)13-9-19/h6-13,22-23H,4-5,14-17H2,1-3H3. The lowest BCUT2D eigenvalue weighted by Gasteiger charge is -2.42.